The molecule has 2 aromatic heterocycles. The molecule has 0 unspecified atom stereocenters. The average Bonchev–Trinajstić information content (AvgIpc) is 3.19. The summed E-state index contributed by atoms with van der Waals surface area (Å²) >= 11 is 5.56. The Labute approximate surface area is 172 Å². The van der Waals surface area contributed by atoms with Crippen LogP contribution in [-0.2, 0) is 17.7 Å². The summed E-state index contributed by atoms with van der Waals surface area (Å²) < 4.78 is 6.82. The van der Waals surface area contributed by atoms with Crippen molar-refractivity contribution in [1.29, 1.82) is 0 Å². The first-order valence-corrected chi connectivity index (χ1v) is 10.0. The van der Waals surface area contributed by atoms with Gasteiger partial charge in [0.1, 0.15) is 0 Å². The smallest absolute Gasteiger partial charge is 0.279 e. The van der Waals surface area contributed by atoms with Crippen LogP contribution in [0.2, 0.25) is 0 Å². The quantitative estimate of drug-likeness (QED) is 0.604. The first kappa shape index (κ1) is 18.1. The Bertz CT molecular complexity index is 1100. The molecule has 0 amide bonds. The lowest BCUT2D eigenvalue weighted by atomic mass is 10.1. The summed E-state index contributed by atoms with van der Waals surface area (Å²) in [5, 5.41) is 6.94. The Morgan fingerprint density at radius 3 is 2.72 bits per heavy atom. The van der Waals surface area contributed by atoms with Gasteiger partial charge in [-0.05, 0) is 24.4 Å². The van der Waals surface area contributed by atoms with E-state index in [9.17, 15) is 4.79 Å². The SMILES string of the molecule is O=c1c2c(nc3nc(N4CCOCC4)[nH]n13)CCN(C(=S)Nc1ccccc1)C2. The zero-order valence-corrected chi connectivity index (χ0v) is 16.6. The van der Waals surface area contributed by atoms with Crippen molar-refractivity contribution in [2.75, 3.05) is 43.1 Å². The summed E-state index contributed by atoms with van der Waals surface area (Å²) in [6, 6.07) is 9.78. The van der Waals surface area contributed by atoms with Gasteiger partial charge in [0.25, 0.3) is 11.3 Å². The van der Waals surface area contributed by atoms with Crippen molar-refractivity contribution in [1.82, 2.24) is 24.5 Å². The van der Waals surface area contributed by atoms with Crippen LogP contribution in [0.1, 0.15) is 11.3 Å². The van der Waals surface area contributed by atoms with E-state index in [0.29, 0.717) is 55.1 Å². The standard InChI is InChI=1S/C19H21N7O2S/c27-16-14-12-25(19(29)20-13-4-2-1-3-5-13)7-6-15(14)21-17-22-18(23-26(16)17)24-8-10-28-11-9-24/h1-5H,6-12H2,(H,20,29)(H,21,22,23). The van der Waals surface area contributed by atoms with E-state index in [1.807, 2.05) is 35.2 Å². The van der Waals surface area contributed by atoms with Crippen LogP contribution in [0.25, 0.3) is 5.78 Å². The molecule has 0 aliphatic carbocycles. The lowest BCUT2D eigenvalue weighted by Gasteiger charge is -2.30. The zero-order chi connectivity index (χ0) is 19.8. The highest BCUT2D eigenvalue weighted by Crippen LogP contribution is 2.18. The third-order valence-corrected chi connectivity index (χ3v) is 5.61. The molecule has 0 spiro atoms. The van der Waals surface area contributed by atoms with Crippen molar-refractivity contribution in [3.8, 4) is 0 Å². The van der Waals surface area contributed by atoms with Crippen molar-refractivity contribution in [2.45, 2.75) is 13.0 Å². The molecule has 1 saturated heterocycles. The van der Waals surface area contributed by atoms with E-state index in [-0.39, 0.29) is 5.56 Å². The van der Waals surface area contributed by atoms with Gasteiger partial charge in [-0.2, -0.15) is 9.50 Å². The number of H-pyrrole nitrogens is 1. The number of aromatic amines is 1. The number of morpholine rings is 1. The maximum Gasteiger partial charge on any atom is 0.279 e. The van der Waals surface area contributed by atoms with E-state index in [1.165, 1.54) is 4.52 Å². The Morgan fingerprint density at radius 2 is 1.93 bits per heavy atom. The Balaban J connectivity index is 1.41. The Kier molecular flexibility index (Phi) is 4.64. The molecule has 29 heavy (non-hydrogen) atoms. The second-order valence-corrected chi connectivity index (χ2v) is 7.48. The number of nitrogens with one attached hydrogen (secondary N) is 2. The number of hydrogen-bond acceptors (Lipinski definition) is 6. The summed E-state index contributed by atoms with van der Waals surface area (Å²) in [5.74, 6) is 1.06. The fraction of sp³-hybridized carbons (Fsp3) is 0.368. The van der Waals surface area contributed by atoms with E-state index < -0.39 is 0 Å². The van der Waals surface area contributed by atoms with Gasteiger partial charge in [-0.3, -0.25) is 9.89 Å². The summed E-state index contributed by atoms with van der Waals surface area (Å²) in [7, 11) is 0. The van der Waals surface area contributed by atoms with Gasteiger partial charge in [0.2, 0.25) is 5.95 Å². The molecule has 10 heteroatoms. The van der Waals surface area contributed by atoms with Crippen molar-refractivity contribution < 1.29 is 4.74 Å². The van der Waals surface area contributed by atoms with Crippen LogP contribution in [0.5, 0.6) is 0 Å². The second kappa shape index (κ2) is 7.45. The third kappa shape index (κ3) is 3.45. The highest BCUT2D eigenvalue weighted by Gasteiger charge is 2.25. The van der Waals surface area contributed by atoms with Gasteiger partial charge in [0, 0.05) is 31.7 Å². The fourth-order valence-corrected chi connectivity index (χ4v) is 3.95. The molecule has 150 valence electrons. The molecule has 2 aliphatic heterocycles. The van der Waals surface area contributed by atoms with Crippen LogP contribution in [0.15, 0.2) is 35.1 Å². The number of thiocarbonyl (C=S) groups is 1. The summed E-state index contributed by atoms with van der Waals surface area (Å²) in [4.78, 5) is 26.4. The molecule has 9 nitrogen and oxygen atoms in total. The first-order valence-electron chi connectivity index (χ1n) is 9.63. The normalized spacial score (nSPS) is 16.7. The number of anilines is 2. The van der Waals surface area contributed by atoms with E-state index in [1.54, 1.807) is 0 Å². The average molecular weight is 411 g/mol. The summed E-state index contributed by atoms with van der Waals surface area (Å²) in [6.07, 6.45) is 0.650. The van der Waals surface area contributed by atoms with E-state index in [4.69, 9.17) is 17.0 Å². The molecular weight excluding hydrogens is 390 g/mol. The molecule has 0 bridgehead atoms. The number of nitrogens with zero attached hydrogens (tertiary/aromatic N) is 5. The Morgan fingerprint density at radius 1 is 1.14 bits per heavy atom. The minimum absolute atomic E-state index is 0.121. The van der Waals surface area contributed by atoms with E-state index >= 15 is 0 Å². The molecule has 4 heterocycles. The van der Waals surface area contributed by atoms with Gasteiger partial charge in [0.15, 0.2) is 5.11 Å². The molecule has 0 atom stereocenters. The van der Waals surface area contributed by atoms with Crippen LogP contribution in [-0.4, -0.2) is 62.4 Å². The van der Waals surface area contributed by atoms with Gasteiger partial charge in [0.05, 0.1) is 31.0 Å². The fourth-order valence-electron chi connectivity index (χ4n) is 3.67. The van der Waals surface area contributed by atoms with Crippen LogP contribution < -0.4 is 15.8 Å². The van der Waals surface area contributed by atoms with E-state index in [0.717, 1.165) is 24.5 Å². The number of ether oxygens (including phenoxy) is 1. The summed E-state index contributed by atoms with van der Waals surface area (Å²) in [5.41, 5.74) is 2.26. The van der Waals surface area contributed by atoms with Gasteiger partial charge < -0.3 is 19.9 Å². The predicted molar refractivity (Wildman–Crippen MR) is 113 cm³/mol. The second-order valence-electron chi connectivity index (χ2n) is 7.09. The van der Waals surface area contributed by atoms with Gasteiger partial charge in [-0.25, -0.2) is 4.98 Å². The van der Waals surface area contributed by atoms with Crippen LogP contribution in [0.3, 0.4) is 0 Å². The highest BCUT2D eigenvalue weighted by atomic mass is 32.1. The van der Waals surface area contributed by atoms with Gasteiger partial charge >= 0.3 is 0 Å². The number of para-hydroxylation sites is 1. The highest BCUT2D eigenvalue weighted by molar-refractivity contribution is 7.80. The number of benzene rings is 1. The summed E-state index contributed by atoms with van der Waals surface area (Å²) in [6.45, 7) is 3.90. The number of rotatable bonds is 2. The van der Waals surface area contributed by atoms with Gasteiger partial charge in [-0.1, -0.05) is 18.2 Å². The van der Waals surface area contributed by atoms with Crippen molar-refractivity contribution in [3.05, 3.63) is 51.9 Å². The maximum absolute atomic E-state index is 13.1. The first-order chi connectivity index (χ1) is 14.2. The zero-order valence-electron chi connectivity index (χ0n) is 15.8. The molecule has 1 aromatic carbocycles. The number of fused-ring (bicyclic) bond motifs is 2. The Hall–Kier alpha value is -2.98. The minimum Gasteiger partial charge on any atom is -0.378 e. The van der Waals surface area contributed by atoms with Crippen LogP contribution in [0.4, 0.5) is 11.6 Å². The topological polar surface area (TPSA) is 90.8 Å². The number of hydrogen-bond donors (Lipinski definition) is 2. The van der Waals surface area contributed by atoms with Crippen molar-refractivity contribution >= 4 is 34.7 Å². The van der Waals surface area contributed by atoms with Crippen LogP contribution in [0, 0.1) is 0 Å². The monoisotopic (exact) mass is 411 g/mol. The molecule has 2 aliphatic rings. The minimum atomic E-state index is -0.121. The molecule has 3 aromatic rings. The molecular formula is C19H21N7O2S. The van der Waals surface area contributed by atoms with Gasteiger partial charge in [-0.15, -0.1) is 0 Å². The number of aromatic nitrogens is 4. The van der Waals surface area contributed by atoms with Crippen molar-refractivity contribution in [3.63, 3.8) is 0 Å². The predicted octanol–water partition coefficient (Wildman–Crippen LogP) is 1.01. The maximum atomic E-state index is 13.1. The van der Waals surface area contributed by atoms with Crippen molar-refractivity contribution in [2.24, 2.45) is 0 Å². The molecule has 1 fully saturated rings. The van der Waals surface area contributed by atoms with E-state index in [2.05, 4.69) is 25.3 Å². The molecule has 2 N–H and O–H groups in total. The molecule has 0 saturated carbocycles. The van der Waals surface area contributed by atoms with Crippen LogP contribution >= 0.6 is 12.2 Å². The lowest BCUT2D eigenvalue weighted by Crippen LogP contribution is -2.42. The third-order valence-electron chi connectivity index (χ3n) is 5.25. The lowest BCUT2D eigenvalue weighted by molar-refractivity contribution is 0.122. The largest absolute Gasteiger partial charge is 0.378 e. The molecule has 5 rings (SSSR count). The molecule has 0 radical (unpaired) electrons.